The zero-order valence-corrected chi connectivity index (χ0v) is 94.5. The molecule has 5 aromatic heterocycles. The maximum atomic E-state index is 14.5. The summed E-state index contributed by atoms with van der Waals surface area (Å²) in [7, 11) is -2.29. The van der Waals surface area contributed by atoms with Gasteiger partial charge in [-0.15, -0.1) is 0 Å². The first-order valence-corrected chi connectivity index (χ1v) is 64.7. The van der Waals surface area contributed by atoms with Gasteiger partial charge >= 0.3 is 5.97 Å². The Morgan fingerprint density at radius 1 is 0.533 bits per heavy atom. The summed E-state index contributed by atoms with van der Waals surface area (Å²) in [4.78, 5) is 51.3. The van der Waals surface area contributed by atoms with Crippen LogP contribution in [0.4, 0.5) is 13.2 Å². The highest BCUT2D eigenvalue weighted by Crippen LogP contribution is 2.37. The number of aliphatic imine (C=N–C) groups is 1. The Kier molecular flexibility index (Phi) is 47.9. The van der Waals surface area contributed by atoms with Crippen molar-refractivity contribution in [1.29, 1.82) is 0 Å². The Hall–Kier alpha value is -8.43. The van der Waals surface area contributed by atoms with E-state index in [9.17, 15) is 35.4 Å². The maximum absolute atomic E-state index is 14.5. The summed E-state index contributed by atoms with van der Waals surface area (Å²) in [5.74, 6) is 3.34. The quantitative estimate of drug-likeness (QED) is 0.0106. The number of hydrogen-bond donors (Lipinski definition) is 3. The van der Waals surface area contributed by atoms with E-state index in [0.29, 0.717) is 133 Å². The molecule has 9 aromatic rings. The van der Waals surface area contributed by atoms with Crippen molar-refractivity contribution in [1.82, 2.24) is 53.5 Å². The number of benzene rings is 4. The second kappa shape index (κ2) is 55.1. The summed E-state index contributed by atoms with van der Waals surface area (Å²) in [6, 6.07) is 21.8. The number of methoxy groups -OCH3 is 4. The first kappa shape index (κ1) is 119. The molecule has 0 amide bonds. The predicted octanol–water partition coefficient (Wildman–Crippen LogP) is 21.0. The standard InChI is InChI=1S/C27H35BrFN3O4Si.C23H37FN2O3SSi.C18H28FN3O2Si.C15H29N3O2SSi.C9H15N3OS.C6H7NO/c1-18-15-31-26(32(18)17-36-11-12-37(4,5)6)25(23-14-21(29)9-10-24(23)34-2)30-16-19-7-8-20(28)13-22(19)27(33)35-3;1-17-14-25-22(26(17)16-29-11-12-31(6,7)8)20(15-30(27)23(2,3)4)19-13-18(24)9-10-21(19)28-5;1-13-11-21-18(22(13)12-24-8-9-25(3,4)5)17(20)15-10-14(19)6-7-16(15)23-2;1-13-10-16-14(11-17-21(19)15(2,3)4)18(13)12-20-8-9-22(5,6)7;1-7-5-10-8(12-7)6-11-14(13)9(2,3)4;1-5-2-6(4-8)7-3-5/h7-10,13-15,25,30H,11-12,16-17H2,1-6H3;9-10,13-14,20H,11-12,15-16H2,1-8H3;6-7,10-11,17H,8-9,12,20H2,1-5H3;10-11H,8-9,12H2,1-7H3;5-6H,1-4H3,(H,10,12);3-4H,2H2,1H3. The second-order valence-corrected chi connectivity index (χ2v) is 70.6. The minimum atomic E-state index is -1.28. The number of nitrogens with zero attached hydrogens (tertiary/aromatic N) is 12. The van der Waals surface area contributed by atoms with E-state index in [1.54, 1.807) is 89.0 Å². The summed E-state index contributed by atoms with van der Waals surface area (Å²) in [5, 5.41) is 3.48. The van der Waals surface area contributed by atoms with Crippen molar-refractivity contribution in [3.63, 3.8) is 0 Å². The van der Waals surface area contributed by atoms with Crippen LogP contribution >= 0.6 is 15.9 Å². The Balaban J connectivity index is 0.000000303. The summed E-state index contributed by atoms with van der Waals surface area (Å²) in [6.07, 6.45) is 15.2. The number of H-pyrrole nitrogens is 1. The van der Waals surface area contributed by atoms with E-state index in [2.05, 4.69) is 144 Å². The van der Waals surface area contributed by atoms with Crippen LogP contribution in [0.5, 0.6) is 17.2 Å². The molecule has 1 aliphatic rings. The van der Waals surface area contributed by atoms with Gasteiger partial charge in [0.2, 0.25) is 0 Å². The molecule has 0 spiro atoms. The van der Waals surface area contributed by atoms with Gasteiger partial charge in [-0.1, -0.05) is 101 Å². The molecule has 6 unspecified atom stereocenters. The van der Waals surface area contributed by atoms with Crippen LogP contribution < -0.4 is 25.3 Å². The molecule has 0 radical (unpaired) electrons. The molecule has 4 aromatic carbocycles. The summed E-state index contributed by atoms with van der Waals surface area (Å²) < 4.78 is 140. The topological polar surface area (TPSA) is 334 Å². The number of carbonyl (C=O) groups is 2. The minimum absolute atomic E-state index is 0.296. The molecule has 0 saturated heterocycles. The highest BCUT2D eigenvalue weighted by molar-refractivity contribution is 9.10. The molecule has 10 rings (SSSR count). The molecule has 28 nitrogen and oxygen atoms in total. The molecule has 6 atom stereocenters. The number of aryl methyl sites for hydroxylation is 5. The summed E-state index contributed by atoms with van der Waals surface area (Å²) in [6.45, 7) is 61.4. The van der Waals surface area contributed by atoms with Gasteiger partial charge < -0.3 is 66.9 Å². The fourth-order valence-corrected chi connectivity index (χ4v) is 18.0. The number of nitrogens with two attached hydrogens (primary N) is 1. The van der Waals surface area contributed by atoms with Crippen molar-refractivity contribution in [3.8, 4) is 17.2 Å². The average molecular weight is 2090 g/mol. The fourth-order valence-electron chi connectivity index (χ4n) is 12.5. The zero-order valence-electron chi connectivity index (χ0n) is 86.5. The number of aromatic amines is 1. The number of aldehydes is 1. The van der Waals surface area contributed by atoms with E-state index in [1.165, 1.54) is 49.7 Å². The molecule has 758 valence electrons. The second-order valence-electron chi connectivity index (χ2n) is 41.1. The van der Waals surface area contributed by atoms with Gasteiger partial charge in [-0.05, 0) is 206 Å². The lowest BCUT2D eigenvalue weighted by Gasteiger charge is -2.25. The van der Waals surface area contributed by atoms with Gasteiger partial charge in [-0.25, -0.2) is 51.3 Å². The molecule has 0 saturated carbocycles. The van der Waals surface area contributed by atoms with E-state index in [4.69, 9.17) is 43.6 Å². The lowest BCUT2D eigenvalue weighted by Crippen LogP contribution is -2.29. The van der Waals surface area contributed by atoms with E-state index >= 15 is 0 Å². The van der Waals surface area contributed by atoms with E-state index in [1.807, 2.05) is 134 Å². The van der Waals surface area contributed by atoms with Crippen LogP contribution in [0.2, 0.25) is 103 Å². The largest absolute Gasteiger partial charge is 0.496 e. The molecule has 0 fully saturated rings. The predicted molar refractivity (Wildman–Crippen MR) is 564 cm³/mol. The van der Waals surface area contributed by atoms with Crippen molar-refractivity contribution in [3.05, 3.63) is 223 Å². The summed E-state index contributed by atoms with van der Waals surface area (Å²) >= 11 is 3.42. The Labute approximate surface area is 831 Å². The number of aromatic nitrogens is 10. The SMILES string of the molecule is CC1=CN=C(C=O)C1.COC(=O)c1cc(Br)ccc1CNC(c1cc(F)ccc1OC)c1ncc(C)n1COCC[Si](C)(C)C.COc1ccc(F)cc1C(CS(=O)C(C)(C)C)c1ncc(C)n1COCC[Si](C)(C)C.COc1ccc(F)cc1C(N)c1ncc(C)n1COCC[Si](C)(C)C.Cc1cnc(C=NS(=O)C(C)(C)C)[nH]1.Cc1cnc(C=NS(=O)C(C)(C)C)n1COCC[Si](C)(C)C. The Morgan fingerprint density at radius 2 is 0.942 bits per heavy atom. The van der Waals surface area contributed by atoms with Crippen molar-refractivity contribution in [2.45, 2.75) is 279 Å². The van der Waals surface area contributed by atoms with Crippen molar-refractivity contribution in [2.75, 3.05) is 60.6 Å². The van der Waals surface area contributed by atoms with Crippen LogP contribution in [0.15, 0.2) is 134 Å². The van der Waals surface area contributed by atoms with Crippen molar-refractivity contribution >= 4 is 111 Å². The summed E-state index contributed by atoms with van der Waals surface area (Å²) in [5.41, 5.74) is 15.9. The first-order valence-electron chi connectivity index (χ1n) is 45.6. The van der Waals surface area contributed by atoms with Crippen molar-refractivity contribution in [2.24, 2.45) is 19.5 Å². The number of nitrogens with one attached hydrogen (secondary N) is 2. The molecule has 6 heterocycles. The number of rotatable bonds is 40. The lowest BCUT2D eigenvalue weighted by atomic mass is 9.98. The lowest BCUT2D eigenvalue weighted by molar-refractivity contribution is -0.102. The van der Waals surface area contributed by atoms with Gasteiger partial charge in [0.25, 0.3) is 0 Å². The highest BCUT2D eigenvalue weighted by Gasteiger charge is 2.33. The van der Waals surface area contributed by atoms with Gasteiger partial charge in [-0.2, -0.15) is 8.80 Å². The molecule has 39 heteroatoms. The monoisotopic (exact) mass is 2090 g/mol. The third kappa shape index (κ3) is 41.3. The van der Waals surface area contributed by atoms with Gasteiger partial charge in [0.1, 0.15) is 107 Å². The van der Waals surface area contributed by atoms with Crippen molar-refractivity contribution < 1.29 is 73.3 Å². The molecular formula is C98H151BrF3N15O13S3Si4. The van der Waals surface area contributed by atoms with E-state index in [0.717, 1.165) is 87.6 Å². The Bertz CT molecular complexity index is 5560. The number of allylic oxidation sites excluding steroid dienone is 1. The maximum Gasteiger partial charge on any atom is 0.338 e. The third-order valence-corrected chi connectivity index (χ3v) is 33.0. The Morgan fingerprint density at radius 3 is 1.36 bits per heavy atom. The third-order valence-electron chi connectivity index (χ3n) is 21.0. The number of ether oxygens (including phenoxy) is 8. The minimum Gasteiger partial charge on any atom is -0.496 e. The molecule has 1 aliphatic heterocycles. The molecule has 4 N–H and O–H groups in total. The van der Waals surface area contributed by atoms with Crippen LogP contribution in [0, 0.1) is 52.1 Å². The zero-order chi connectivity index (χ0) is 103. The fraction of sp³-hybridized carbons (Fsp3) is 0.531. The normalized spacial score (nSPS) is 13.9. The van der Waals surface area contributed by atoms with Crippen LogP contribution in [-0.2, 0) is 94.7 Å². The van der Waals surface area contributed by atoms with Crippen LogP contribution in [0.25, 0.3) is 0 Å². The average Bonchev–Trinajstić information content (AvgIpc) is 1.63. The number of imidazole rings is 5. The van der Waals surface area contributed by atoms with E-state index < -0.39 is 87.9 Å². The van der Waals surface area contributed by atoms with Crippen LogP contribution in [-0.4, -0.2) is 198 Å². The molecular weight excluding hydrogens is 1940 g/mol. The number of esters is 1. The van der Waals surface area contributed by atoms with Crippen LogP contribution in [0.1, 0.15) is 184 Å². The van der Waals surface area contributed by atoms with Gasteiger partial charge in [-0.3, -0.25) is 19.3 Å². The number of carbonyl (C=O) groups excluding carboxylic acids is 2. The number of halogens is 4. The van der Waals surface area contributed by atoms with Gasteiger partial charge in [0.05, 0.1) is 79.6 Å². The molecule has 137 heavy (non-hydrogen) atoms. The van der Waals surface area contributed by atoms with Crippen LogP contribution in [0.3, 0.4) is 0 Å². The smallest absolute Gasteiger partial charge is 0.338 e. The van der Waals surface area contributed by atoms with Gasteiger partial charge in [0, 0.05) is 180 Å². The highest BCUT2D eigenvalue weighted by atomic mass is 79.9. The molecule has 0 bridgehead atoms. The molecule has 0 aliphatic carbocycles. The van der Waals surface area contributed by atoms with E-state index in [-0.39, 0.29) is 32.9 Å². The first-order chi connectivity index (χ1) is 63.8. The number of hydrogen-bond acceptors (Lipinski definition) is 21. The van der Waals surface area contributed by atoms with Gasteiger partial charge in [0.15, 0.2) is 12.1 Å².